The SMILES string of the molecule is CC(C)(CC1CCCN(C(=O)c2ccc(Cl)c(Cl)c2O)C1)C(N)=O. The average molecular weight is 373 g/mol. The molecule has 5 nitrogen and oxygen atoms in total. The fourth-order valence-corrected chi connectivity index (χ4v) is 3.44. The number of benzene rings is 1. The van der Waals surface area contributed by atoms with Gasteiger partial charge in [0.1, 0.15) is 10.8 Å². The zero-order valence-electron chi connectivity index (χ0n) is 13.8. The van der Waals surface area contributed by atoms with E-state index in [0.29, 0.717) is 19.5 Å². The smallest absolute Gasteiger partial charge is 0.257 e. The largest absolute Gasteiger partial charge is 0.505 e. The third-order valence-electron chi connectivity index (χ3n) is 4.57. The van der Waals surface area contributed by atoms with Crippen molar-refractivity contribution in [3.63, 3.8) is 0 Å². The number of rotatable bonds is 4. The van der Waals surface area contributed by atoms with E-state index in [2.05, 4.69) is 0 Å². The number of primary amides is 1. The molecule has 2 rings (SSSR count). The Morgan fingerprint density at radius 3 is 2.67 bits per heavy atom. The van der Waals surface area contributed by atoms with Crippen molar-refractivity contribution < 1.29 is 14.7 Å². The normalized spacial score (nSPS) is 18.5. The number of halogens is 2. The van der Waals surface area contributed by atoms with Gasteiger partial charge in [-0.3, -0.25) is 9.59 Å². The van der Waals surface area contributed by atoms with Gasteiger partial charge >= 0.3 is 0 Å². The van der Waals surface area contributed by atoms with Crippen molar-refractivity contribution in [1.82, 2.24) is 4.90 Å². The Labute approximate surface area is 151 Å². The lowest BCUT2D eigenvalue weighted by molar-refractivity contribution is -0.127. The van der Waals surface area contributed by atoms with Crippen LogP contribution in [0, 0.1) is 11.3 Å². The summed E-state index contributed by atoms with van der Waals surface area (Å²) in [4.78, 5) is 25.9. The van der Waals surface area contributed by atoms with Crippen molar-refractivity contribution in [3.8, 4) is 5.75 Å². The van der Waals surface area contributed by atoms with Gasteiger partial charge in [-0.2, -0.15) is 0 Å². The second-order valence-electron chi connectivity index (χ2n) is 6.97. The molecular weight excluding hydrogens is 351 g/mol. The quantitative estimate of drug-likeness (QED) is 0.848. The highest BCUT2D eigenvalue weighted by molar-refractivity contribution is 6.43. The van der Waals surface area contributed by atoms with E-state index in [9.17, 15) is 14.7 Å². The minimum Gasteiger partial charge on any atom is -0.505 e. The summed E-state index contributed by atoms with van der Waals surface area (Å²) >= 11 is 11.8. The Morgan fingerprint density at radius 1 is 1.38 bits per heavy atom. The van der Waals surface area contributed by atoms with Gasteiger partial charge in [-0.15, -0.1) is 0 Å². The van der Waals surface area contributed by atoms with Crippen molar-refractivity contribution in [1.29, 1.82) is 0 Å². The first-order valence-electron chi connectivity index (χ1n) is 7.89. The number of nitrogens with two attached hydrogens (primary N) is 1. The molecule has 0 radical (unpaired) electrons. The lowest BCUT2D eigenvalue weighted by atomic mass is 9.79. The van der Waals surface area contributed by atoms with E-state index >= 15 is 0 Å². The number of carbonyl (C=O) groups excluding carboxylic acids is 2. The van der Waals surface area contributed by atoms with Crippen LogP contribution in [0.15, 0.2) is 12.1 Å². The van der Waals surface area contributed by atoms with Crippen molar-refractivity contribution in [3.05, 3.63) is 27.7 Å². The lowest BCUT2D eigenvalue weighted by Gasteiger charge is -2.36. The van der Waals surface area contributed by atoms with Gasteiger partial charge in [-0.05, 0) is 37.3 Å². The van der Waals surface area contributed by atoms with Crippen LogP contribution in [0.25, 0.3) is 0 Å². The number of aromatic hydroxyl groups is 1. The maximum absolute atomic E-state index is 12.7. The maximum atomic E-state index is 12.7. The number of likely N-dealkylation sites (tertiary alicyclic amines) is 1. The molecule has 1 aromatic rings. The van der Waals surface area contributed by atoms with Gasteiger partial charge < -0.3 is 15.7 Å². The topological polar surface area (TPSA) is 83.6 Å². The Balaban J connectivity index is 2.14. The average Bonchev–Trinajstić information content (AvgIpc) is 2.52. The summed E-state index contributed by atoms with van der Waals surface area (Å²) in [5, 5.41) is 10.3. The predicted octanol–water partition coefficient (Wildman–Crippen LogP) is 3.45. The second kappa shape index (κ2) is 7.19. The monoisotopic (exact) mass is 372 g/mol. The molecule has 0 spiro atoms. The van der Waals surface area contributed by atoms with E-state index in [1.165, 1.54) is 12.1 Å². The van der Waals surface area contributed by atoms with E-state index < -0.39 is 5.41 Å². The number of carbonyl (C=O) groups is 2. The molecule has 1 unspecified atom stereocenters. The Kier molecular flexibility index (Phi) is 5.66. The zero-order chi connectivity index (χ0) is 18.1. The number of phenolic OH excluding ortho intramolecular Hbond substituents is 1. The Morgan fingerprint density at radius 2 is 2.04 bits per heavy atom. The summed E-state index contributed by atoms with van der Waals surface area (Å²) in [7, 11) is 0. The highest BCUT2D eigenvalue weighted by Gasteiger charge is 2.33. The molecule has 1 heterocycles. The third-order valence-corrected chi connectivity index (χ3v) is 5.37. The summed E-state index contributed by atoms with van der Waals surface area (Å²) in [6, 6.07) is 2.97. The number of phenols is 1. The van der Waals surface area contributed by atoms with Crippen LogP contribution in [0.3, 0.4) is 0 Å². The van der Waals surface area contributed by atoms with Gasteiger partial charge in [0.2, 0.25) is 5.91 Å². The van der Waals surface area contributed by atoms with Crippen molar-refractivity contribution in [2.45, 2.75) is 33.1 Å². The molecule has 0 aliphatic carbocycles. The predicted molar refractivity (Wildman–Crippen MR) is 94.3 cm³/mol. The minimum atomic E-state index is -0.609. The molecule has 2 amide bonds. The molecule has 24 heavy (non-hydrogen) atoms. The van der Waals surface area contributed by atoms with Crippen LogP contribution in [0.1, 0.15) is 43.5 Å². The Hall–Kier alpha value is -1.46. The first-order chi connectivity index (χ1) is 11.1. The lowest BCUT2D eigenvalue weighted by Crippen LogP contribution is -2.43. The third kappa shape index (κ3) is 3.95. The second-order valence-corrected chi connectivity index (χ2v) is 7.75. The van der Waals surface area contributed by atoms with Gasteiger partial charge in [0.05, 0.1) is 10.6 Å². The van der Waals surface area contributed by atoms with Gasteiger partial charge in [-0.1, -0.05) is 37.0 Å². The van der Waals surface area contributed by atoms with Gasteiger partial charge in [0.25, 0.3) is 5.91 Å². The summed E-state index contributed by atoms with van der Waals surface area (Å²) in [6.07, 6.45) is 2.40. The van der Waals surface area contributed by atoms with Crippen LogP contribution in [-0.2, 0) is 4.79 Å². The summed E-state index contributed by atoms with van der Waals surface area (Å²) in [5.74, 6) is -0.732. The highest BCUT2D eigenvalue weighted by Crippen LogP contribution is 2.36. The number of nitrogens with zero attached hydrogens (tertiary/aromatic N) is 1. The molecule has 1 atom stereocenters. The fourth-order valence-electron chi connectivity index (χ4n) is 3.12. The van der Waals surface area contributed by atoms with Crippen LogP contribution in [0.4, 0.5) is 0 Å². The molecule has 1 aromatic carbocycles. The molecule has 7 heteroatoms. The number of piperidine rings is 1. The molecular formula is C17H22Cl2N2O3. The number of amides is 2. The molecule has 3 N–H and O–H groups in total. The van der Waals surface area contributed by atoms with Crippen molar-refractivity contribution >= 4 is 35.0 Å². The van der Waals surface area contributed by atoms with Crippen LogP contribution in [0.2, 0.25) is 10.0 Å². The van der Waals surface area contributed by atoms with Gasteiger partial charge in [0.15, 0.2) is 0 Å². The number of hydrogen-bond donors (Lipinski definition) is 2. The van der Waals surface area contributed by atoms with Crippen molar-refractivity contribution in [2.75, 3.05) is 13.1 Å². The molecule has 0 aromatic heterocycles. The van der Waals surface area contributed by atoms with Gasteiger partial charge in [-0.25, -0.2) is 0 Å². The zero-order valence-corrected chi connectivity index (χ0v) is 15.3. The van der Waals surface area contributed by atoms with E-state index in [-0.39, 0.29) is 39.1 Å². The summed E-state index contributed by atoms with van der Waals surface area (Å²) in [6.45, 7) is 4.77. The molecule has 0 saturated carbocycles. The van der Waals surface area contributed by atoms with Crippen LogP contribution < -0.4 is 5.73 Å². The molecule has 1 aliphatic heterocycles. The van der Waals surface area contributed by atoms with E-state index in [0.717, 1.165) is 12.8 Å². The van der Waals surface area contributed by atoms with Crippen LogP contribution >= 0.6 is 23.2 Å². The fraction of sp³-hybridized carbons (Fsp3) is 0.529. The first-order valence-corrected chi connectivity index (χ1v) is 8.65. The number of hydrogen-bond acceptors (Lipinski definition) is 3. The van der Waals surface area contributed by atoms with E-state index in [1.54, 1.807) is 4.90 Å². The van der Waals surface area contributed by atoms with E-state index in [1.807, 2.05) is 13.8 Å². The highest BCUT2D eigenvalue weighted by atomic mass is 35.5. The van der Waals surface area contributed by atoms with Gasteiger partial charge in [0, 0.05) is 18.5 Å². The van der Waals surface area contributed by atoms with Crippen molar-refractivity contribution in [2.24, 2.45) is 17.1 Å². The molecule has 1 aliphatic rings. The standard InChI is InChI=1S/C17H22Cl2N2O3/c1-17(2,16(20)24)8-10-4-3-7-21(9-10)15(23)11-5-6-12(18)13(19)14(11)22/h5-6,10,22H,3-4,7-9H2,1-2H3,(H2,20,24). The van der Waals surface area contributed by atoms with Crippen LogP contribution in [0.5, 0.6) is 5.75 Å². The molecule has 132 valence electrons. The summed E-state index contributed by atoms with van der Waals surface area (Å²) < 4.78 is 0. The molecule has 1 saturated heterocycles. The molecule has 0 bridgehead atoms. The maximum Gasteiger partial charge on any atom is 0.257 e. The molecule has 1 fully saturated rings. The summed E-state index contributed by atoms with van der Waals surface area (Å²) in [5.41, 5.74) is 4.97. The van der Waals surface area contributed by atoms with Crippen LogP contribution in [-0.4, -0.2) is 34.9 Å². The minimum absolute atomic E-state index is 0.0223. The van der Waals surface area contributed by atoms with E-state index in [4.69, 9.17) is 28.9 Å². The Bertz CT molecular complexity index is 661. The first kappa shape index (κ1) is 18.9.